The molecule has 9 heteroatoms. The maximum Gasteiger partial charge on any atom is 0.269 e. The molecule has 0 aliphatic heterocycles. The number of nitro groups is 1. The van der Waals surface area contributed by atoms with E-state index in [1.165, 1.54) is 42.5 Å². The van der Waals surface area contributed by atoms with Crippen LogP contribution in [0.5, 0.6) is 0 Å². The first-order valence-corrected chi connectivity index (χ1v) is 7.76. The SMILES string of the molecule is O=[N+]([O-])c1ccc(NS(=O)(=O)c2cc(Cl)ccc2Cl)cc1. The minimum absolute atomic E-state index is 0.0220. The predicted octanol–water partition coefficient (Wildman–Crippen LogP) is 3.70. The van der Waals surface area contributed by atoms with Crippen LogP contribution in [-0.4, -0.2) is 13.3 Å². The average Bonchev–Trinajstić information content (AvgIpc) is 2.41. The van der Waals surface area contributed by atoms with Gasteiger partial charge < -0.3 is 0 Å². The molecule has 0 atom stereocenters. The van der Waals surface area contributed by atoms with Crippen LogP contribution in [-0.2, 0) is 10.0 Å². The van der Waals surface area contributed by atoms with Crippen molar-refractivity contribution in [1.29, 1.82) is 0 Å². The molecule has 0 saturated carbocycles. The lowest BCUT2D eigenvalue weighted by atomic mass is 10.3. The zero-order valence-electron chi connectivity index (χ0n) is 10.3. The average molecular weight is 347 g/mol. The molecule has 2 aromatic carbocycles. The second kappa shape index (κ2) is 5.88. The van der Waals surface area contributed by atoms with E-state index in [0.29, 0.717) is 0 Å². The molecule has 0 unspecified atom stereocenters. The first-order chi connectivity index (χ1) is 9.79. The Morgan fingerprint density at radius 2 is 1.67 bits per heavy atom. The number of anilines is 1. The first-order valence-electron chi connectivity index (χ1n) is 5.52. The summed E-state index contributed by atoms with van der Waals surface area (Å²) in [5.41, 5.74) is 0.0374. The van der Waals surface area contributed by atoms with Gasteiger partial charge in [-0.15, -0.1) is 0 Å². The van der Waals surface area contributed by atoms with Gasteiger partial charge in [0.05, 0.1) is 9.95 Å². The molecule has 2 aromatic rings. The topological polar surface area (TPSA) is 89.3 Å². The van der Waals surface area contributed by atoms with Gasteiger partial charge in [0.1, 0.15) is 4.90 Å². The lowest BCUT2D eigenvalue weighted by Gasteiger charge is -2.09. The lowest BCUT2D eigenvalue weighted by molar-refractivity contribution is -0.384. The van der Waals surface area contributed by atoms with E-state index in [-0.39, 0.29) is 26.3 Å². The van der Waals surface area contributed by atoms with Crippen molar-refractivity contribution in [2.75, 3.05) is 4.72 Å². The van der Waals surface area contributed by atoms with Gasteiger partial charge in [-0.2, -0.15) is 0 Å². The lowest BCUT2D eigenvalue weighted by Crippen LogP contribution is -2.13. The summed E-state index contributed by atoms with van der Waals surface area (Å²) in [4.78, 5) is 9.79. The highest BCUT2D eigenvalue weighted by atomic mass is 35.5. The van der Waals surface area contributed by atoms with Gasteiger partial charge in [-0.25, -0.2) is 8.42 Å². The molecular weight excluding hydrogens is 339 g/mol. The molecule has 21 heavy (non-hydrogen) atoms. The number of rotatable bonds is 4. The summed E-state index contributed by atoms with van der Waals surface area (Å²) in [7, 11) is -3.94. The molecule has 0 radical (unpaired) electrons. The molecule has 0 spiro atoms. The van der Waals surface area contributed by atoms with Crippen molar-refractivity contribution >= 4 is 44.6 Å². The number of nitro benzene ring substituents is 1. The second-order valence-electron chi connectivity index (χ2n) is 3.98. The molecule has 0 aromatic heterocycles. The van der Waals surface area contributed by atoms with Crippen molar-refractivity contribution < 1.29 is 13.3 Å². The van der Waals surface area contributed by atoms with Gasteiger partial charge in [-0.1, -0.05) is 23.2 Å². The third-order valence-corrected chi connectivity index (χ3v) is 4.61. The molecule has 6 nitrogen and oxygen atoms in total. The fourth-order valence-electron chi connectivity index (χ4n) is 1.54. The van der Waals surface area contributed by atoms with Crippen molar-refractivity contribution in [2.45, 2.75) is 4.90 Å². The highest BCUT2D eigenvalue weighted by molar-refractivity contribution is 7.92. The van der Waals surface area contributed by atoms with Gasteiger partial charge in [-0.3, -0.25) is 14.8 Å². The summed E-state index contributed by atoms with van der Waals surface area (Å²) in [6.07, 6.45) is 0. The Kier molecular flexibility index (Phi) is 4.36. The van der Waals surface area contributed by atoms with Gasteiger partial charge >= 0.3 is 0 Å². The van der Waals surface area contributed by atoms with Crippen molar-refractivity contribution in [2.24, 2.45) is 0 Å². The highest BCUT2D eigenvalue weighted by Crippen LogP contribution is 2.27. The summed E-state index contributed by atoms with van der Waals surface area (Å²) in [5, 5.41) is 10.8. The Balaban J connectivity index is 2.33. The first kappa shape index (κ1) is 15.6. The van der Waals surface area contributed by atoms with E-state index >= 15 is 0 Å². The summed E-state index contributed by atoms with van der Waals surface area (Å²) in [6, 6.07) is 9.01. The molecule has 0 aliphatic carbocycles. The molecule has 2 rings (SSSR count). The number of halogens is 2. The van der Waals surface area contributed by atoms with E-state index in [4.69, 9.17) is 23.2 Å². The van der Waals surface area contributed by atoms with Crippen LogP contribution in [0, 0.1) is 10.1 Å². The maximum absolute atomic E-state index is 12.2. The molecule has 0 saturated heterocycles. The molecular formula is C12H8Cl2N2O4S. The highest BCUT2D eigenvalue weighted by Gasteiger charge is 2.19. The van der Waals surface area contributed by atoms with Crippen molar-refractivity contribution in [3.8, 4) is 0 Å². The predicted molar refractivity (Wildman–Crippen MR) is 80.4 cm³/mol. The Bertz CT molecular complexity index is 791. The van der Waals surface area contributed by atoms with Crippen LogP contribution >= 0.6 is 23.2 Å². The second-order valence-corrected chi connectivity index (χ2v) is 6.48. The molecule has 0 aliphatic rings. The van der Waals surface area contributed by atoms with Crippen LogP contribution in [0.1, 0.15) is 0 Å². The van der Waals surface area contributed by atoms with Crippen LogP contribution in [0.4, 0.5) is 11.4 Å². The number of nitrogens with one attached hydrogen (secondary N) is 1. The van der Waals surface area contributed by atoms with Crippen LogP contribution in [0.15, 0.2) is 47.4 Å². The van der Waals surface area contributed by atoms with Gasteiger partial charge in [0.15, 0.2) is 0 Å². The zero-order chi connectivity index (χ0) is 15.6. The Morgan fingerprint density at radius 3 is 2.24 bits per heavy atom. The zero-order valence-corrected chi connectivity index (χ0v) is 12.6. The van der Waals surface area contributed by atoms with E-state index in [2.05, 4.69) is 4.72 Å². The van der Waals surface area contributed by atoms with E-state index in [1.54, 1.807) is 0 Å². The van der Waals surface area contributed by atoms with Crippen molar-refractivity contribution in [1.82, 2.24) is 0 Å². The van der Waals surface area contributed by atoms with Gasteiger partial charge in [0.25, 0.3) is 15.7 Å². The smallest absolute Gasteiger partial charge is 0.269 e. The number of hydrogen-bond acceptors (Lipinski definition) is 4. The molecule has 0 fully saturated rings. The monoisotopic (exact) mass is 346 g/mol. The number of sulfonamides is 1. The van der Waals surface area contributed by atoms with Crippen LogP contribution < -0.4 is 4.72 Å². The number of nitrogens with zero attached hydrogens (tertiary/aromatic N) is 1. The normalized spacial score (nSPS) is 11.1. The number of hydrogen-bond donors (Lipinski definition) is 1. The summed E-state index contributed by atoms with van der Waals surface area (Å²) in [6.45, 7) is 0. The Labute approximate surface area is 130 Å². The van der Waals surface area contributed by atoms with Crippen LogP contribution in [0.3, 0.4) is 0 Å². The standard InChI is InChI=1S/C12H8Cl2N2O4S/c13-8-1-6-11(14)12(7-8)21(19,20)15-9-2-4-10(5-3-9)16(17)18/h1-7,15H. The van der Waals surface area contributed by atoms with E-state index in [9.17, 15) is 18.5 Å². The maximum atomic E-state index is 12.2. The molecule has 1 N–H and O–H groups in total. The summed E-state index contributed by atoms with van der Waals surface area (Å²) in [5.74, 6) is 0. The fourth-order valence-corrected chi connectivity index (χ4v) is 3.37. The quantitative estimate of drug-likeness (QED) is 0.674. The van der Waals surface area contributed by atoms with Gasteiger partial charge in [-0.05, 0) is 30.3 Å². The van der Waals surface area contributed by atoms with E-state index in [0.717, 1.165) is 0 Å². The van der Waals surface area contributed by atoms with Crippen LogP contribution in [0.2, 0.25) is 10.0 Å². The third kappa shape index (κ3) is 3.63. The summed E-state index contributed by atoms with van der Waals surface area (Å²) >= 11 is 11.6. The van der Waals surface area contributed by atoms with Crippen LogP contribution in [0.25, 0.3) is 0 Å². The Hall–Kier alpha value is -1.83. The number of benzene rings is 2. The Morgan fingerprint density at radius 1 is 1.05 bits per heavy atom. The number of non-ortho nitro benzene ring substituents is 1. The molecule has 0 bridgehead atoms. The largest absolute Gasteiger partial charge is 0.280 e. The fraction of sp³-hybridized carbons (Fsp3) is 0. The molecule has 0 amide bonds. The minimum Gasteiger partial charge on any atom is -0.280 e. The summed E-state index contributed by atoms with van der Waals surface area (Å²) < 4.78 is 26.7. The van der Waals surface area contributed by atoms with E-state index < -0.39 is 14.9 Å². The minimum atomic E-state index is -3.94. The van der Waals surface area contributed by atoms with Crippen molar-refractivity contribution in [3.05, 3.63) is 62.6 Å². The van der Waals surface area contributed by atoms with Crippen molar-refractivity contribution in [3.63, 3.8) is 0 Å². The molecule has 110 valence electrons. The van der Waals surface area contributed by atoms with Gasteiger partial charge in [0.2, 0.25) is 0 Å². The van der Waals surface area contributed by atoms with E-state index in [1.807, 2.05) is 0 Å². The molecule has 0 heterocycles. The third-order valence-electron chi connectivity index (χ3n) is 2.51. The van der Waals surface area contributed by atoms with Gasteiger partial charge in [0, 0.05) is 22.8 Å².